The van der Waals surface area contributed by atoms with Gasteiger partial charge >= 0.3 is 6.18 Å². The molecule has 0 aromatic heterocycles. The van der Waals surface area contributed by atoms with E-state index in [1.165, 1.54) is 0 Å². The van der Waals surface area contributed by atoms with Crippen molar-refractivity contribution in [1.29, 1.82) is 5.41 Å². The smallest absolute Gasteiger partial charge is 0.306 e. The van der Waals surface area contributed by atoms with Crippen LogP contribution in [0, 0.1) is 17.8 Å². The van der Waals surface area contributed by atoms with Crippen molar-refractivity contribution in [3.8, 4) is 12.3 Å². The number of hydrogen-bond acceptors (Lipinski definition) is 3. The molecule has 0 unspecified atom stereocenters. The average molecular weight is 221 g/mol. The number of amidine groups is 1. The monoisotopic (exact) mass is 221 g/mol. The second-order valence-corrected chi connectivity index (χ2v) is 2.38. The SMILES string of the molecule is C#CCN(N)C(=N)NC(=NC)C(F)(F)F. The Balaban J connectivity index is 4.48. The van der Waals surface area contributed by atoms with Gasteiger partial charge in [0.15, 0.2) is 0 Å². The molecule has 0 rings (SSSR count). The fraction of sp³-hybridized carbons (Fsp3) is 0.429. The third kappa shape index (κ3) is 4.33. The van der Waals surface area contributed by atoms with Gasteiger partial charge in [-0.2, -0.15) is 13.2 Å². The lowest BCUT2D eigenvalue weighted by atomic mass is 10.5. The summed E-state index contributed by atoms with van der Waals surface area (Å²) in [6.07, 6.45) is 0.213. The quantitative estimate of drug-likeness (QED) is 0.190. The van der Waals surface area contributed by atoms with Crippen molar-refractivity contribution in [3.05, 3.63) is 0 Å². The molecule has 0 spiro atoms. The van der Waals surface area contributed by atoms with Crippen LogP contribution in [-0.2, 0) is 0 Å². The molecule has 0 fully saturated rings. The zero-order valence-corrected chi connectivity index (χ0v) is 7.89. The summed E-state index contributed by atoms with van der Waals surface area (Å²) < 4.78 is 36.4. The Morgan fingerprint density at radius 3 is 2.53 bits per heavy atom. The van der Waals surface area contributed by atoms with Crippen LogP contribution >= 0.6 is 0 Å². The van der Waals surface area contributed by atoms with E-state index in [9.17, 15) is 13.2 Å². The maximum absolute atomic E-state index is 12.1. The number of rotatable bonds is 1. The topological polar surface area (TPSA) is 77.5 Å². The highest BCUT2D eigenvalue weighted by Gasteiger charge is 2.36. The van der Waals surface area contributed by atoms with Crippen LogP contribution in [0.5, 0.6) is 0 Å². The molecule has 8 heteroatoms. The molecule has 0 bridgehead atoms. The van der Waals surface area contributed by atoms with E-state index in [1.807, 2.05) is 0 Å². The van der Waals surface area contributed by atoms with Gasteiger partial charge in [0.2, 0.25) is 11.8 Å². The summed E-state index contributed by atoms with van der Waals surface area (Å²) in [6.45, 7) is -0.180. The van der Waals surface area contributed by atoms with E-state index >= 15 is 0 Å². The molecule has 0 aliphatic carbocycles. The molecular weight excluding hydrogens is 211 g/mol. The number of nitrogens with two attached hydrogens (primary N) is 1. The van der Waals surface area contributed by atoms with E-state index in [0.717, 1.165) is 7.05 Å². The van der Waals surface area contributed by atoms with E-state index in [1.54, 1.807) is 5.32 Å². The van der Waals surface area contributed by atoms with Gasteiger partial charge in [-0.15, -0.1) is 6.42 Å². The van der Waals surface area contributed by atoms with Crippen molar-refractivity contribution in [1.82, 2.24) is 10.3 Å². The first-order valence-corrected chi connectivity index (χ1v) is 3.68. The summed E-state index contributed by atoms with van der Waals surface area (Å²) in [5.41, 5.74) is 0. The summed E-state index contributed by atoms with van der Waals surface area (Å²) in [4.78, 5) is 2.95. The van der Waals surface area contributed by atoms with Gasteiger partial charge in [-0.05, 0) is 0 Å². The lowest BCUT2D eigenvalue weighted by molar-refractivity contribution is -0.0611. The van der Waals surface area contributed by atoms with Crippen molar-refractivity contribution in [2.75, 3.05) is 13.6 Å². The van der Waals surface area contributed by atoms with Crippen molar-refractivity contribution in [3.63, 3.8) is 0 Å². The summed E-state index contributed by atoms with van der Waals surface area (Å²) in [5, 5.41) is 9.48. The molecular formula is C7H10F3N5. The van der Waals surface area contributed by atoms with Gasteiger partial charge in [0, 0.05) is 7.05 Å². The van der Waals surface area contributed by atoms with Crippen LogP contribution in [0.2, 0.25) is 0 Å². The summed E-state index contributed by atoms with van der Waals surface area (Å²) in [6, 6.07) is 0. The van der Waals surface area contributed by atoms with Gasteiger partial charge in [-0.1, -0.05) is 5.92 Å². The third-order valence-corrected chi connectivity index (χ3v) is 1.28. The number of nitrogens with one attached hydrogen (secondary N) is 2. The van der Waals surface area contributed by atoms with Gasteiger partial charge in [-0.3, -0.25) is 15.4 Å². The number of guanidine groups is 1. The van der Waals surface area contributed by atoms with Crippen LogP contribution < -0.4 is 11.2 Å². The molecule has 0 saturated carbocycles. The van der Waals surface area contributed by atoms with Crippen molar-refractivity contribution in [2.24, 2.45) is 10.8 Å². The second-order valence-electron chi connectivity index (χ2n) is 2.38. The Morgan fingerprint density at radius 2 is 2.20 bits per heavy atom. The number of halogens is 3. The molecule has 0 aliphatic heterocycles. The van der Waals surface area contributed by atoms with Crippen molar-refractivity contribution < 1.29 is 13.2 Å². The Kier molecular flexibility index (Phi) is 4.60. The zero-order chi connectivity index (χ0) is 12.1. The highest BCUT2D eigenvalue weighted by molar-refractivity contribution is 6.01. The highest BCUT2D eigenvalue weighted by atomic mass is 19.4. The minimum Gasteiger partial charge on any atom is -0.306 e. The zero-order valence-electron chi connectivity index (χ0n) is 7.89. The van der Waals surface area contributed by atoms with Crippen LogP contribution in [0.25, 0.3) is 0 Å². The maximum atomic E-state index is 12.1. The fourth-order valence-electron chi connectivity index (χ4n) is 0.615. The van der Waals surface area contributed by atoms with Gasteiger partial charge in [0.1, 0.15) is 0 Å². The van der Waals surface area contributed by atoms with Crippen LogP contribution in [0.1, 0.15) is 0 Å². The minimum atomic E-state index is -4.65. The first-order chi connectivity index (χ1) is 6.82. The Morgan fingerprint density at radius 1 is 1.67 bits per heavy atom. The molecule has 0 atom stereocenters. The summed E-state index contributed by atoms with van der Waals surface area (Å²) in [7, 11) is 0.950. The Labute approximate surface area is 84.6 Å². The third-order valence-electron chi connectivity index (χ3n) is 1.28. The number of hydrazine groups is 1. The van der Waals surface area contributed by atoms with Crippen LogP contribution in [0.15, 0.2) is 4.99 Å². The van der Waals surface area contributed by atoms with E-state index in [0.29, 0.717) is 5.01 Å². The molecule has 0 aromatic carbocycles. The average Bonchev–Trinajstić information content (AvgIpc) is 2.12. The second kappa shape index (κ2) is 5.21. The first-order valence-electron chi connectivity index (χ1n) is 3.68. The highest BCUT2D eigenvalue weighted by Crippen LogP contribution is 2.15. The predicted octanol–water partition coefficient (Wildman–Crippen LogP) is -0.0897. The Hall–Kier alpha value is -1.75. The largest absolute Gasteiger partial charge is 0.449 e. The molecule has 0 aliphatic rings. The van der Waals surface area contributed by atoms with Gasteiger partial charge < -0.3 is 5.32 Å². The molecule has 84 valence electrons. The molecule has 0 radical (unpaired) electrons. The normalized spacial score (nSPS) is 11.9. The number of alkyl halides is 3. The number of nitrogens with zero attached hydrogens (tertiary/aromatic N) is 2. The van der Waals surface area contributed by atoms with E-state index in [4.69, 9.17) is 17.7 Å². The van der Waals surface area contributed by atoms with E-state index < -0.39 is 18.0 Å². The Bertz CT molecular complexity index is 301. The predicted molar refractivity (Wildman–Crippen MR) is 50.0 cm³/mol. The van der Waals surface area contributed by atoms with Gasteiger partial charge in [0.25, 0.3) is 0 Å². The first kappa shape index (κ1) is 13.2. The number of hydrogen-bond donors (Lipinski definition) is 3. The van der Waals surface area contributed by atoms with Gasteiger partial charge in [-0.25, -0.2) is 5.84 Å². The van der Waals surface area contributed by atoms with E-state index in [-0.39, 0.29) is 6.54 Å². The lowest BCUT2D eigenvalue weighted by Gasteiger charge is -2.19. The van der Waals surface area contributed by atoms with Crippen LogP contribution in [0.4, 0.5) is 13.2 Å². The van der Waals surface area contributed by atoms with E-state index in [2.05, 4.69) is 10.9 Å². The minimum absolute atomic E-state index is 0.180. The number of aliphatic imine (C=N–C) groups is 1. The van der Waals surface area contributed by atoms with Crippen LogP contribution in [0.3, 0.4) is 0 Å². The molecule has 0 heterocycles. The van der Waals surface area contributed by atoms with Crippen molar-refractivity contribution in [2.45, 2.75) is 6.18 Å². The fourth-order valence-corrected chi connectivity index (χ4v) is 0.615. The van der Waals surface area contributed by atoms with Crippen LogP contribution in [-0.4, -0.2) is 36.6 Å². The molecule has 15 heavy (non-hydrogen) atoms. The molecule has 0 aromatic rings. The molecule has 0 amide bonds. The van der Waals surface area contributed by atoms with Gasteiger partial charge in [0.05, 0.1) is 6.54 Å². The van der Waals surface area contributed by atoms with Crippen molar-refractivity contribution >= 4 is 11.8 Å². The maximum Gasteiger partial charge on any atom is 0.449 e. The summed E-state index contributed by atoms with van der Waals surface area (Å²) in [5.74, 6) is 5.25. The lowest BCUT2D eigenvalue weighted by Crippen LogP contribution is -2.51. The number of terminal acetylenes is 1. The molecule has 0 saturated heterocycles. The standard InChI is InChI=1S/C7H10F3N5/c1-3-4-15(12)6(11)14-5(13-2)7(8,9)10/h1H,4,12H2,2H3,(H2,11,13,14). The molecule has 4 N–H and O–H groups in total. The summed E-state index contributed by atoms with van der Waals surface area (Å²) >= 11 is 0. The molecule has 5 nitrogen and oxygen atoms in total.